The van der Waals surface area contributed by atoms with Crippen LogP contribution in [0, 0.1) is 10.1 Å². The first kappa shape index (κ1) is 16.3. The van der Waals surface area contributed by atoms with Crippen LogP contribution in [0.4, 0.5) is 24.5 Å². The number of hydrogen-bond donors (Lipinski definition) is 1. The van der Waals surface area contributed by atoms with Crippen molar-refractivity contribution in [2.24, 2.45) is 0 Å². The zero-order valence-corrected chi connectivity index (χ0v) is 11.8. The number of nitrogens with zero attached hydrogens (tertiary/aromatic N) is 2. The van der Waals surface area contributed by atoms with E-state index in [9.17, 15) is 28.1 Å². The van der Waals surface area contributed by atoms with E-state index >= 15 is 0 Å². The summed E-state index contributed by atoms with van der Waals surface area (Å²) in [5, 5.41) is 13.3. The number of likely N-dealkylation sites (tertiary alicyclic amines) is 1. The van der Waals surface area contributed by atoms with E-state index in [1.165, 1.54) is 12.1 Å². The van der Waals surface area contributed by atoms with Gasteiger partial charge in [-0.1, -0.05) is 11.6 Å². The molecule has 10 heteroatoms. The Bertz CT molecular complexity index is 609. The van der Waals surface area contributed by atoms with Crippen molar-refractivity contribution in [2.45, 2.75) is 18.6 Å². The van der Waals surface area contributed by atoms with Gasteiger partial charge in [0.15, 0.2) is 0 Å². The first-order valence-electron chi connectivity index (χ1n) is 6.23. The molecule has 1 aromatic rings. The van der Waals surface area contributed by atoms with E-state index in [0.717, 1.165) is 11.0 Å². The largest absolute Gasteiger partial charge is 0.406 e. The number of benzene rings is 1. The second-order valence-corrected chi connectivity index (χ2v) is 5.19. The number of hydrogen-bond acceptors (Lipinski definition) is 4. The average molecular weight is 338 g/mol. The van der Waals surface area contributed by atoms with Gasteiger partial charge in [0.2, 0.25) is 5.91 Å². The number of nitro groups is 1. The summed E-state index contributed by atoms with van der Waals surface area (Å²) in [6.45, 7) is -1.31. The molecule has 1 aliphatic rings. The second-order valence-electron chi connectivity index (χ2n) is 4.78. The number of anilines is 1. The highest BCUT2D eigenvalue weighted by atomic mass is 35.5. The molecule has 1 atom stereocenters. The second kappa shape index (κ2) is 5.99. The molecule has 0 aliphatic carbocycles. The number of halogens is 4. The van der Waals surface area contributed by atoms with Gasteiger partial charge >= 0.3 is 6.18 Å². The van der Waals surface area contributed by atoms with Crippen molar-refractivity contribution >= 4 is 28.9 Å². The Morgan fingerprint density at radius 2 is 2.14 bits per heavy atom. The summed E-state index contributed by atoms with van der Waals surface area (Å²) >= 11 is 5.87. The van der Waals surface area contributed by atoms with Crippen molar-refractivity contribution in [3.63, 3.8) is 0 Å². The first-order valence-corrected chi connectivity index (χ1v) is 6.61. The summed E-state index contributed by atoms with van der Waals surface area (Å²) < 4.78 is 37.0. The minimum absolute atomic E-state index is 0.0133. The lowest BCUT2D eigenvalue weighted by atomic mass is 10.2. The summed E-state index contributed by atoms with van der Waals surface area (Å²) in [4.78, 5) is 22.6. The van der Waals surface area contributed by atoms with Gasteiger partial charge in [-0.25, -0.2) is 0 Å². The molecule has 1 N–H and O–H groups in total. The van der Waals surface area contributed by atoms with Gasteiger partial charge in [-0.3, -0.25) is 14.9 Å². The fraction of sp³-hybridized carbons (Fsp3) is 0.417. The van der Waals surface area contributed by atoms with Gasteiger partial charge in [-0.15, -0.1) is 0 Å². The molecule has 0 saturated carbocycles. The number of alkyl halides is 3. The van der Waals surface area contributed by atoms with Crippen molar-refractivity contribution in [2.75, 3.05) is 18.4 Å². The van der Waals surface area contributed by atoms with Gasteiger partial charge in [-0.2, -0.15) is 13.2 Å². The van der Waals surface area contributed by atoms with Crippen molar-refractivity contribution in [3.8, 4) is 0 Å². The predicted octanol–water partition coefficient (Wildman–Crippen LogP) is 2.82. The summed E-state index contributed by atoms with van der Waals surface area (Å²) in [7, 11) is 0. The maximum Gasteiger partial charge on any atom is 0.406 e. The first-order chi connectivity index (χ1) is 10.2. The molecule has 1 saturated heterocycles. The van der Waals surface area contributed by atoms with Crippen LogP contribution >= 0.6 is 11.6 Å². The molecule has 1 amide bonds. The summed E-state index contributed by atoms with van der Waals surface area (Å²) in [5.74, 6) is -0.674. The lowest BCUT2D eigenvalue weighted by Crippen LogP contribution is -2.39. The molecule has 1 aromatic carbocycles. The fourth-order valence-corrected chi connectivity index (χ4v) is 2.40. The summed E-state index contributed by atoms with van der Waals surface area (Å²) in [5.41, 5.74) is 0.0477. The molecule has 6 nitrogen and oxygen atoms in total. The van der Waals surface area contributed by atoms with Gasteiger partial charge in [0.05, 0.1) is 15.6 Å². The van der Waals surface area contributed by atoms with Crippen LogP contribution in [0.1, 0.15) is 6.42 Å². The third-order valence-corrected chi connectivity index (χ3v) is 3.47. The highest BCUT2D eigenvalue weighted by Gasteiger charge is 2.39. The number of carbonyl (C=O) groups is 1. The Morgan fingerprint density at radius 3 is 2.68 bits per heavy atom. The Labute approximate surface area is 128 Å². The molecule has 2 rings (SSSR count). The lowest BCUT2D eigenvalue weighted by molar-refractivity contribution is -0.384. The lowest BCUT2D eigenvalue weighted by Gasteiger charge is -2.19. The van der Waals surface area contributed by atoms with Crippen LogP contribution in [0.25, 0.3) is 0 Å². The predicted molar refractivity (Wildman–Crippen MR) is 72.8 cm³/mol. The van der Waals surface area contributed by atoms with E-state index in [1.807, 2.05) is 0 Å². The molecule has 1 unspecified atom stereocenters. The standard InChI is InChI=1S/C12H11ClF3N3O3/c13-8-5-7(19(21)22)1-2-9(8)17-10-3-4-18(11(10)20)6-12(14,15)16/h1-2,5,10,17H,3-4,6H2. The third kappa shape index (κ3) is 3.79. The van der Waals surface area contributed by atoms with E-state index in [-0.39, 0.29) is 29.4 Å². The van der Waals surface area contributed by atoms with Gasteiger partial charge in [0, 0.05) is 18.7 Å². The molecule has 22 heavy (non-hydrogen) atoms. The molecular formula is C12H11ClF3N3O3. The zero-order valence-electron chi connectivity index (χ0n) is 11.1. The third-order valence-electron chi connectivity index (χ3n) is 3.16. The quantitative estimate of drug-likeness (QED) is 0.677. The number of amides is 1. The molecular weight excluding hydrogens is 327 g/mol. The molecule has 0 aromatic heterocycles. The Hall–Kier alpha value is -2.03. The van der Waals surface area contributed by atoms with Crippen LogP contribution in [0.2, 0.25) is 5.02 Å². The van der Waals surface area contributed by atoms with Gasteiger partial charge in [-0.05, 0) is 12.5 Å². The van der Waals surface area contributed by atoms with E-state index in [2.05, 4.69) is 5.32 Å². The highest BCUT2D eigenvalue weighted by Crippen LogP contribution is 2.29. The number of rotatable bonds is 4. The van der Waals surface area contributed by atoms with Crippen molar-refractivity contribution in [1.82, 2.24) is 4.90 Å². The van der Waals surface area contributed by atoms with Crippen molar-refractivity contribution in [3.05, 3.63) is 33.3 Å². The van der Waals surface area contributed by atoms with Gasteiger partial charge < -0.3 is 10.2 Å². The maximum atomic E-state index is 12.3. The van der Waals surface area contributed by atoms with E-state index < -0.39 is 29.6 Å². The molecule has 120 valence electrons. The number of carbonyl (C=O) groups excluding carboxylic acids is 1. The van der Waals surface area contributed by atoms with E-state index in [4.69, 9.17) is 11.6 Å². The molecule has 0 spiro atoms. The fourth-order valence-electron chi connectivity index (χ4n) is 2.17. The van der Waals surface area contributed by atoms with Crippen molar-refractivity contribution < 1.29 is 22.9 Å². The zero-order chi connectivity index (χ0) is 16.5. The SMILES string of the molecule is O=C1C(Nc2ccc([N+](=O)[O-])cc2Cl)CCN1CC(F)(F)F. The van der Waals surface area contributed by atoms with Crippen LogP contribution in [-0.4, -0.2) is 41.0 Å². The van der Waals surface area contributed by atoms with Crippen LogP contribution in [-0.2, 0) is 4.79 Å². The topological polar surface area (TPSA) is 75.5 Å². The van der Waals surface area contributed by atoms with Crippen LogP contribution in [0.3, 0.4) is 0 Å². The molecule has 1 heterocycles. The highest BCUT2D eigenvalue weighted by molar-refractivity contribution is 6.33. The van der Waals surface area contributed by atoms with Gasteiger partial charge in [0.1, 0.15) is 12.6 Å². The maximum absolute atomic E-state index is 12.3. The smallest absolute Gasteiger partial charge is 0.372 e. The Kier molecular flexibility index (Phi) is 4.45. The summed E-state index contributed by atoms with van der Waals surface area (Å²) in [6, 6.07) is 2.79. The Morgan fingerprint density at radius 1 is 1.45 bits per heavy atom. The molecule has 1 fully saturated rings. The van der Waals surface area contributed by atoms with Crippen molar-refractivity contribution in [1.29, 1.82) is 0 Å². The van der Waals surface area contributed by atoms with E-state index in [0.29, 0.717) is 0 Å². The molecule has 0 radical (unpaired) electrons. The summed E-state index contributed by atoms with van der Waals surface area (Å²) in [6.07, 6.45) is -4.25. The van der Waals surface area contributed by atoms with Gasteiger partial charge in [0.25, 0.3) is 5.69 Å². The van der Waals surface area contributed by atoms with Crippen LogP contribution in [0.15, 0.2) is 18.2 Å². The number of non-ortho nitro benzene ring substituents is 1. The Balaban J connectivity index is 2.06. The minimum atomic E-state index is -4.45. The normalized spacial score (nSPS) is 18.6. The molecule has 1 aliphatic heterocycles. The van der Waals surface area contributed by atoms with Crippen LogP contribution < -0.4 is 5.32 Å². The monoisotopic (exact) mass is 337 g/mol. The van der Waals surface area contributed by atoms with E-state index in [1.54, 1.807) is 0 Å². The number of nitrogens with one attached hydrogen (secondary N) is 1. The number of nitro benzene ring substituents is 1. The minimum Gasteiger partial charge on any atom is -0.372 e. The average Bonchev–Trinajstić information content (AvgIpc) is 2.71. The molecule has 0 bridgehead atoms. The van der Waals surface area contributed by atoms with Crippen LogP contribution in [0.5, 0.6) is 0 Å².